The number of hydrogen-bond acceptors (Lipinski definition) is 8. The van der Waals surface area contributed by atoms with Crippen molar-refractivity contribution in [2.45, 2.75) is 30.1 Å². The highest BCUT2D eigenvalue weighted by Gasteiger charge is 2.40. The van der Waals surface area contributed by atoms with E-state index in [4.69, 9.17) is 28.9 Å². The lowest BCUT2D eigenvalue weighted by atomic mass is 9.76. The number of nitrogens with two attached hydrogens (primary N) is 1. The summed E-state index contributed by atoms with van der Waals surface area (Å²) in [6.07, 6.45) is 5.84. The first kappa shape index (κ1) is 25.4. The Bertz CT molecular complexity index is 1380. The highest BCUT2D eigenvalue weighted by molar-refractivity contribution is 7.98. The summed E-state index contributed by atoms with van der Waals surface area (Å²) in [7, 11) is 0. The molecule has 3 atom stereocenters. The van der Waals surface area contributed by atoms with Gasteiger partial charge in [-0.25, -0.2) is 14.6 Å². The summed E-state index contributed by atoms with van der Waals surface area (Å²) in [5.74, 6) is -0.0378. The van der Waals surface area contributed by atoms with Crippen LogP contribution in [0.2, 0.25) is 10.0 Å². The molecule has 1 amide bonds. The number of aromatic nitrogens is 6. The number of thioether (sulfide) groups is 1. The molecule has 1 saturated heterocycles. The summed E-state index contributed by atoms with van der Waals surface area (Å²) in [6.45, 7) is 1.19. The predicted molar refractivity (Wildman–Crippen MR) is 144 cm³/mol. The number of primary amides is 1. The zero-order chi connectivity index (χ0) is 25.9. The van der Waals surface area contributed by atoms with Gasteiger partial charge >= 0.3 is 0 Å². The van der Waals surface area contributed by atoms with E-state index in [1.54, 1.807) is 6.20 Å². The molecule has 9 nitrogen and oxygen atoms in total. The Hall–Kier alpha value is -3.21. The van der Waals surface area contributed by atoms with E-state index in [2.05, 4.69) is 30.4 Å². The van der Waals surface area contributed by atoms with E-state index in [1.165, 1.54) is 18.0 Å². The standard InChI is InChI=1S/C25H24Cl2N8OS/c1-37-25-31-32-33-35(25)14-15-12-20(16-2-6-18(26)7-3-16)22(17-4-8-19(27)9-5-17)34(13-15)24-21(23(28)36)29-10-11-30-24/h2-11,15,20,22H,12-14H2,1H3,(H2,28,36). The van der Waals surface area contributed by atoms with Crippen molar-refractivity contribution in [3.63, 3.8) is 0 Å². The number of tetrazole rings is 1. The quantitative estimate of drug-likeness (QED) is 0.328. The zero-order valence-electron chi connectivity index (χ0n) is 19.9. The van der Waals surface area contributed by atoms with E-state index in [9.17, 15) is 4.79 Å². The molecular formula is C25H24Cl2N8OS. The van der Waals surface area contributed by atoms with Crippen molar-refractivity contribution in [3.05, 3.63) is 87.8 Å². The molecule has 1 aliphatic rings. The Morgan fingerprint density at radius 1 is 1.03 bits per heavy atom. The summed E-state index contributed by atoms with van der Waals surface area (Å²) < 4.78 is 1.82. The van der Waals surface area contributed by atoms with Gasteiger partial charge in [-0.15, -0.1) is 5.10 Å². The van der Waals surface area contributed by atoms with E-state index in [1.807, 2.05) is 59.5 Å². The molecule has 0 radical (unpaired) electrons. The van der Waals surface area contributed by atoms with Crippen LogP contribution in [0.15, 0.2) is 66.1 Å². The van der Waals surface area contributed by atoms with Crippen molar-refractivity contribution in [3.8, 4) is 0 Å². The number of carbonyl (C=O) groups is 1. The minimum Gasteiger partial charge on any atom is -0.364 e. The number of carbonyl (C=O) groups excluding carboxylic acids is 1. The maximum atomic E-state index is 12.4. The lowest BCUT2D eigenvalue weighted by Crippen LogP contribution is -2.45. The minimum absolute atomic E-state index is 0.0223. The first-order chi connectivity index (χ1) is 17.9. The topological polar surface area (TPSA) is 116 Å². The van der Waals surface area contributed by atoms with Crippen LogP contribution in [0.1, 0.15) is 40.0 Å². The van der Waals surface area contributed by atoms with Gasteiger partial charge in [-0.1, -0.05) is 59.2 Å². The van der Waals surface area contributed by atoms with Gasteiger partial charge in [-0.05, 0) is 64.4 Å². The number of benzene rings is 2. The summed E-state index contributed by atoms with van der Waals surface area (Å²) in [5, 5.41) is 14.2. The molecule has 2 aromatic heterocycles. The molecule has 0 bridgehead atoms. The van der Waals surface area contributed by atoms with E-state index in [0.29, 0.717) is 29.0 Å². The fourth-order valence-corrected chi connectivity index (χ4v) is 5.73. The first-order valence-electron chi connectivity index (χ1n) is 11.6. The monoisotopic (exact) mass is 554 g/mol. The SMILES string of the molecule is CSc1nnnn1CC1CC(c2ccc(Cl)cc2)C(c2ccc(Cl)cc2)N(c2nccnc2C(N)=O)C1. The molecule has 2 N–H and O–H groups in total. The van der Waals surface area contributed by atoms with Crippen LogP contribution in [0.4, 0.5) is 5.82 Å². The van der Waals surface area contributed by atoms with Crippen LogP contribution in [-0.2, 0) is 6.54 Å². The molecule has 0 saturated carbocycles. The molecule has 1 aliphatic heterocycles. The third-order valence-electron chi connectivity index (χ3n) is 6.57. The van der Waals surface area contributed by atoms with Crippen molar-refractivity contribution in [2.75, 3.05) is 17.7 Å². The average Bonchev–Trinajstić information content (AvgIpc) is 3.36. The third kappa shape index (κ3) is 5.41. The molecule has 12 heteroatoms. The molecular weight excluding hydrogens is 531 g/mol. The van der Waals surface area contributed by atoms with Crippen LogP contribution in [0.3, 0.4) is 0 Å². The van der Waals surface area contributed by atoms with Gasteiger partial charge in [-0.3, -0.25) is 4.79 Å². The number of rotatable bonds is 7. The van der Waals surface area contributed by atoms with Gasteiger partial charge in [0.25, 0.3) is 5.91 Å². The zero-order valence-corrected chi connectivity index (χ0v) is 22.2. The van der Waals surface area contributed by atoms with E-state index >= 15 is 0 Å². The van der Waals surface area contributed by atoms with Crippen molar-refractivity contribution in [1.29, 1.82) is 0 Å². The molecule has 3 unspecified atom stereocenters. The highest BCUT2D eigenvalue weighted by Crippen LogP contribution is 2.47. The number of halogens is 2. The van der Waals surface area contributed by atoms with Crippen molar-refractivity contribution in [1.82, 2.24) is 30.2 Å². The molecule has 5 rings (SSSR count). The van der Waals surface area contributed by atoms with E-state index < -0.39 is 5.91 Å². The normalized spacial score (nSPS) is 19.6. The van der Waals surface area contributed by atoms with Crippen LogP contribution in [0.25, 0.3) is 0 Å². The summed E-state index contributed by atoms with van der Waals surface area (Å²) >= 11 is 14.0. The van der Waals surface area contributed by atoms with Gasteiger partial charge in [0.05, 0.1) is 12.6 Å². The van der Waals surface area contributed by atoms with Gasteiger partial charge < -0.3 is 10.6 Å². The molecule has 0 aliphatic carbocycles. The molecule has 37 heavy (non-hydrogen) atoms. The first-order valence-corrected chi connectivity index (χ1v) is 13.6. The Morgan fingerprint density at radius 3 is 2.32 bits per heavy atom. The van der Waals surface area contributed by atoms with Crippen LogP contribution in [0.5, 0.6) is 0 Å². The van der Waals surface area contributed by atoms with Gasteiger partial charge in [-0.2, -0.15) is 0 Å². The predicted octanol–water partition coefficient (Wildman–Crippen LogP) is 4.64. The number of amides is 1. The number of nitrogens with zero attached hydrogens (tertiary/aromatic N) is 7. The minimum atomic E-state index is -0.631. The molecule has 0 spiro atoms. The van der Waals surface area contributed by atoms with Crippen LogP contribution < -0.4 is 10.6 Å². The lowest BCUT2D eigenvalue weighted by Gasteiger charge is -2.46. The van der Waals surface area contributed by atoms with E-state index in [0.717, 1.165) is 22.7 Å². The number of anilines is 1. The summed E-state index contributed by atoms with van der Waals surface area (Å²) in [5.41, 5.74) is 8.02. The highest BCUT2D eigenvalue weighted by atomic mass is 35.5. The summed E-state index contributed by atoms with van der Waals surface area (Å²) in [4.78, 5) is 23.4. The van der Waals surface area contributed by atoms with E-state index in [-0.39, 0.29) is 23.6 Å². The molecule has 190 valence electrons. The fraction of sp³-hybridized carbons (Fsp3) is 0.280. The average molecular weight is 555 g/mol. The molecule has 1 fully saturated rings. The van der Waals surface area contributed by atoms with Crippen LogP contribution in [-0.4, -0.2) is 48.9 Å². The van der Waals surface area contributed by atoms with Gasteiger partial charge in [0, 0.05) is 34.9 Å². The molecule has 2 aromatic carbocycles. The second kappa shape index (κ2) is 11.0. The lowest BCUT2D eigenvalue weighted by molar-refractivity contribution is 0.0995. The largest absolute Gasteiger partial charge is 0.364 e. The molecule has 3 heterocycles. The Morgan fingerprint density at radius 2 is 1.68 bits per heavy atom. The summed E-state index contributed by atoms with van der Waals surface area (Å²) in [6, 6.07) is 15.5. The second-order valence-electron chi connectivity index (χ2n) is 8.85. The third-order valence-corrected chi connectivity index (χ3v) is 7.73. The Labute approximate surface area is 228 Å². The number of piperidine rings is 1. The van der Waals surface area contributed by atoms with Gasteiger partial charge in [0.2, 0.25) is 5.16 Å². The van der Waals surface area contributed by atoms with Crippen LogP contribution >= 0.6 is 35.0 Å². The smallest absolute Gasteiger partial charge is 0.271 e. The van der Waals surface area contributed by atoms with Crippen LogP contribution in [0, 0.1) is 5.92 Å². The van der Waals surface area contributed by atoms with Crippen molar-refractivity contribution >= 4 is 46.7 Å². The fourth-order valence-electron chi connectivity index (χ4n) is 5.04. The second-order valence-corrected chi connectivity index (χ2v) is 10.5. The van der Waals surface area contributed by atoms with Crippen molar-refractivity contribution in [2.24, 2.45) is 11.7 Å². The van der Waals surface area contributed by atoms with Gasteiger partial charge in [0.15, 0.2) is 11.5 Å². The Balaban J connectivity index is 1.65. The maximum Gasteiger partial charge on any atom is 0.271 e. The van der Waals surface area contributed by atoms with Crippen molar-refractivity contribution < 1.29 is 4.79 Å². The maximum absolute atomic E-state index is 12.4. The molecule has 4 aromatic rings. The Kier molecular flexibility index (Phi) is 7.59. The van der Waals surface area contributed by atoms with Gasteiger partial charge in [0.1, 0.15) is 0 Å². The number of hydrogen-bond donors (Lipinski definition) is 1.